The van der Waals surface area contributed by atoms with Crippen LogP contribution in [0.25, 0.3) is 0 Å². The highest BCUT2D eigenvalue weighted by Crippen LogP contribution is 2.14. The van der Waals surface area contributed by atoms with Crippen molar-refractivity contribution in [2.75, 3.05) is 31.9 Å². The molecule has 0 aromatic carbocycles. The molecule has 0 saturated heterocycles. The lowest BCUT2D eigenvalue weighted by Gasteiger charge is -2.18. The van der Waals surface area contributed by atoms with Gasteiger partial charge in [0, 0.05) is 20.5 Å². The average Bonchev–Trinajstić information content (AvgIpc) is 2.42. The Labute approximate surface area is 130 Å². The summed E-state index contributed by atoms with van der Waals surface area (Å²) in [5, 5.41) is 12.0. The fourth-order valence-corrected chi connectivity index (χ4v) is 1.39. The minimum absolute atomic E-state index is 0.0962. The highest BCUT2D eigenvalue weighted by molar-refractivity contribution is 7.85. The van der Waals surface area contributed by atoms with Gasteiger partial charge in [-0.2, -0.15) is 8.42 Å². The summed E-state index contributed by atoms with van der Waals surface area (Å²) in [7, 11) is 0.120. The van der Waals surface area contributed by atoms with Crippen molar-refractivity contribution in [1.29, 1.82) is 0 Å². The summed E-state index contributed by atoms with van der Waals surface area (Å²) in [5.41, 5.74) is 0.667. The Morgan fingerprint density at radius 2 is 1.95 bits per heavy atom. The van der Waals surface area contributed by atoms with E-state index in [4.69, 9.17) is 4.55 Å². The summed E-state index contributed by atoms with van der Waals surface area (Å²) in [6.45, 7) is 1.61. The molecule has 1 amide bonds. The number of nitrogens with zero attached hydrogens (tertiary/aromatic N) is 2. The summed E-state index contributed by atoms with van der Waals surface area (Å²) in [4.78, 5) is 17.6. The van der Waals surface area contributed by atoms with Crippen LogP contribution in [0.15, 0.2) is 18.2 Å². The zero-order chi connectivity index (χ0) is 17.3. The minimum atomic E-state index is -3.67. The number of anilines is 1. The van der Waals surface area contributed by atoms with Crippen molar-refractivity contribution in [2.24, 2.45) is 0 Å². The molecule has 1 rings (SSSR count). The van der Waals surface area contributed by atoms with Gasteiger partial charge in [-0.25, -0.2) is 4.98 Å². The maximum Gasteiger partial charge on any atom is 0.261 e. The van der Waals surface area contributed by atoms with Crippen LogP contribution in [0.5, 0.6) is 0 Å². The topological polar surface area (TPSA) is 120 Å². The number of rotatable bonds is 5. The molecule has 0 spiro atoms. The van der Waals surface area contributed by atoms with Gasteiger partial charge in [0.05, 0.1) is 24.6 Å². The van der Waals surface area contributed by atoms with Gasteiger partial charge in [-0.15, -0.1) is 0 Å². The highest BCUT2D eigenvalue weighted by Gasteiger charge is 2.14. The van der Waals surface area contributed by atoms with E-state index in [1.54, 1.807) is 13.0 Å². The van der Waals surface area contributed by atoms with Crippen molar-refractivity contribution in [3.63, 3.8) is 0 Å². The molecule has 22 heavy (non-hydrogen) atoms. The zero-order valence-electron chi connectivity index (χ0n) is 13.1. The van der Waals surface area contributed by atoms with Crippen LogP contribution in [-0.4, -0.2) is 55.9 Å². The first kappa shape index (κ1) is 20.3. The molecule has 0 radical (unpaired) electrons. The molecule has 1 aromatic rings. The molecule has 126 valence electrons. The van der Waals surface area contributed by atoms with Gasteiger partial charge < -0.3 is 15.3 Å². The van der Waals surface area contributed by atoms with Gasteiger partial charge in [-0.05, 0) is 12.1 Å². The third-order valence-corrected chi connectivity index (χ3v) is 2.41. The predicted molar refractivity (Wildman–Crippen MR) is 84.3 cm³/mol. The molecular formula is C13H23N3O5S. The highest BCUT2D eigenvalue weighted by atomic mass is 32.2. The average molecular weight is 333 g/mol. The van der Waals surface area contributed by atoms with Crippen LogP contribution in [0, 0.1) is 0 Å². The smallest absolute Gasteiger partial charge is 0.261 e. The van der Waals surface area contributed by atoms with Gasteiger partial charge in [-0.3, -0.25) is 9.35 Å². The second-order valence-electron chi connectivity index (χ2n) is 4.70. The van der Waals surface area contributed by atoms with Crippen molar-refractivity contribution in [2.45, 2.75) is 19.4 Å². The maximum atomic E-state index is 11.3. The first-order chi connectivity index (χ1) is 10.1. The molecule has 0 bridgehead atoms. The molecule has 1 heterocycles. The summed E-state index contributed by atoms with van der Waals surface area (Å²) < 4.78 is 25.9. The normalized spacial score (nSPS) is 11.9. The van der Waals surface area contributed by atoms with Crippen molar-refractivity contribution >= 4 is 21.8 Å². The number of aromatic nitrogens is 1. The number of amides is 1. The molecule has 8 nitrogen and oxygen atoms in total. The molecule has 3 N–H and O–H groups in total. The molecule has 0 saturated carbocycles. The Morgan fingerprint density at radius 1 is 1.41 bits per heavy atom. The fourth-order valence-electron chi connectivity index (χ4n) is 1.39. The van der Waals surface area contributed by atoms with E-state index in [9.17, 15) is 18.3 Å². The third kappa shape index (κ3) is 9.27. The Morgan fingerprint density at radius 3 is 2.36 bits per heavy atom. The Kier molecular flexibility index (Phi) is 8.61. The standard InChI is InChI=1S/C12H19N3O2.CH4O3S/c1-4-12(17)14-10(8-16)9-6-5-7-11(13-9)15(2)3;1-5(2,3)4/h5-7,10,16H,4,8H2,1-3H3,(H,14,17);1H3,(H,2,3,4)/t10-;/m1./s1. The molecule has 0 unspecified atom stereocenters. The van der Waals surface area contributed by atoms with E-state index < -0.39 is 16.2 Å². The molecule has 1 atom stereocenters. The molecule has 0 aliphatic heterocycles. The van der Waals surface area contributed by atoms with E-state index in [-0.39, 0.29) is 12.5 Å². The van der Waals surface area contributed by atoms with E-state index in [1.807, 2.05) is 31.1 Å². The van der Waals surface area contributed by atoms with Gasteiger partial charge in [-0.1, -0.05) is 13.0 Å². The van der Waals surface area contributed by atoms with Gasteiger partial charge >= 0.3 is 0 Å². The number of carbonyl (C=O) groups is 1. The van der Waals surface area contributed by atoms with Crippen LogP contribution in [0.1, 0.15) is 25.1 Å². The summed E-state index contributed by atoms with van der Waals surface area (Å²) in [6, 6.07) is 5.09. The van der Waals surface area contributed by atoms with Gasteiger partial charge in [0.25, 0.3) is 10.1 Å². The van der Waals surface area contributed by atoms with Crippen LogP contribution in [0.4, 0.5) is 5.82 Å². The number of aliphatic hydroxyl groups is 1. The lowest BCUT2D eigenvalue weighted by Crippen LogP contribution is -2.31. The van der Waals surface area contributed by atoms with E-state index in [0.717, 1.165) is 5.82 Å². The largest absolute Gasteiger partial charge is 0.394 e. The van der Waals surface area contributed by atoms with E-state index in [2.05, 4.69) is 10.3 Å². The Balaban J connectivity index is 0.000000763. The van der Waals surface area contributed by atoms with Crippen molar-refractivity contribution < 1.29 is 22.9 Å². The first-order valence-electron chi connectivity index (χ1n) is 6.55. The monoisotopic (exact) mass is 333 g/mol. The lowest BCUT2D eigenvalue weighted by atomic mass is 10.2. The molecule has 0 fully saturated rings. The molecule has 0 aliphatic carbocycles. The van der Waals surface area contributed by atoms with E-state index >= 15 is 0 Å². The predicted octanol–water partition coefficient (Wildman–Crippen LogP) is 0.211. The minimum Gasteiger partial charge on any atom is -0.394 e. The second-order valence-corrected chi connectivity index (χ2v) is 6.17. The first-order valence-corrected chi connectivity index (χ1v) is 8.40. The van der Waals surface area contributed by atoms with Gasteiger partial charge in [0.1, 0.15) is 5.82 Å². The van der Waals surface area contributed by atoms with E-state index in [1.165, 1.54) is 0 Å². The fraction of sp³-hybridized carbons (Fsp3) is 0.538. The quantitative estimate of drug-likeness (QED) is 0.659. The Hall–Kier alpha value is -1.71. The van der Waals surface area contributed by atoms with E-state index in [0.29, 0.717) is 18.4 Å². The number of pyridine rings is 1. The SMILES string of the molecule is CCC(=O)N[C@H](CO)c1cccc(N(C)C)n1.CS(=O)(=O)O. The second kappa shape index (κ2) is 9.34. The molecule has 0 aliphatic rings. The third-order valence-electron chi connectivity index (χ3n) is 2.41. The number of carbonyl (C=O) groups excluding carboxylic acids is 1. The molecule has 9 heteroatoms. The number of hydrogen-bond acceptors (Lipinski definition) is 6. The maximum absolute atomic E-state index is 11.3. The van der Waals surface area contributed by atoms with Crippen LogP contribution < -0.4 is 10.2 Å². The van der Waals surface area contributed by atoms with Gasteiger partial charge in [0.2, 0.25) is 5.91 Å². The van der Waals surface area contributed by atoms with Crippen molar-refractivity contribution in [1.82, 2.24) is 10.3 Å². The molecular weight excluding hydrogens is 310 g/mol. The zero-order valence-corrected chi connectivity index (χ0v) is 14.0. The Bertz CT molecular complexity index is 567. The number of nitrogens with one attached hydrogen (secondary N) is 1. The summed E-state index contributed by atoms with van der Waals surface area (Å²) in [5.74, 6) is 0.702. The van der Waals surface area contributed by atoms with Crippen molar-refractivity contribution in [3.8, 4) is 0 Å². The van der Waals surface area contributed by atoms with Crippen LogP contribution in [0.3, 0.4) is 0 Å². The van der Waals surface area contributed by atoms with Crippen LogP contribution >= 0.6 is 0 Å². The van der Waals surface area contributed by atoms with Crippen LogP contribution in [0.2, 0.25) is 0 Å². The summed E-state index contributed by atoms with van der Waals surface area (Å²) in [6.07, 6.45) is 1.11. The van der Waals surface area contributed by atoms with Crippen LogP contribution in [-0.2, 0) is 14.9 Å². The lowest BCUT2D eigenvalue weighted by molar-refractivity contribution is -0.121. The van der Waals surface area contributed by atoms with Gasteiger partial charge in [0.15, 0.2) is 0 Å². The number of aliphatic hydroxyl groups excluding tert-OH is 1. The molecule has 1 aromatic heterocycles. The van der Waals surface area contributed by atoms with Crippen molar-refractivity contribution in [3.05, 3.63) is 23.9 Å². The number of hydrogen-bond donors (Lipinski definition) is 3. The summed E-state index contributed by atoms with van der Waals surface area (Å²) >= 11 is 0.